The van der Waals surface area contributed by atoms with Gasteiger partial charge in [0.2, 0.25) is 0 Å². The smallest absolute Gasteiger partial charge is 0.274 e. The van der Waals surface area contributed by atoms with Crippen LogP contribution in [0.1, 0.15) is 40.4 Å². The number of anilines is 1. The molecule has 0 saturated heterocycles. The Labute approximate surface area is 210 Å². The lowest BCUT2D eigenvalue weighted by Crippen LogP contribution is -2.51. The molecule has 36 heavy (non-hydrogen) atoms. The molecule has 1 aliphatic carbocycles. The Kier molecular flexibility index (Phi) is 7.03. The van der Waals surface area contributed by atoms with Gasteiger partial charge in [-0.1, -0.05) is 12.1 Å². The highest BCUT2D eigenvalue weighted by Crippen LogP contribution is 2.43. The van der Waals surface area contributed by atoms with Crippen LogP contribution in [-0.4, -0.2) is 49.2 Å². The Morgan fingerprint density at radius 2 is 2.00 bits per heavy atom. The van der Waals surface area contributed by atoms with Crippen molar-refractivity contribution < 1.29 is 23.2 Å². The zero-order chi connectivity index (χ0) is 25.4. The summed E-state index contributed by atoms with van der Waals surface area (Å²) in [6, 6.07) is 8.19. The maximum Gasteiger partial charge on any atom is 0.274 e. The summed E-state index contributed by atoms with van der Waals surface area (Å²) in [5.74, 6) is -2.24. The topological polar surface area (TPSA) is 124 Å². The fourth-order valence-corrected chi connectivity index (χ4v) is 7.17. The van der Waals surface area contributed by atoms with E-state index in [2.05, 4.69) is 15.3 Å². The second kappa shape index (κ2) is 10.2. The minimum atomic E-state index is -1.42. The van der Waals surface area contributed by atoms with E-state index in [4.69, 9.17) is 5.73 Å². The second-order valence-electron chi connectivity index (χ2n) is 9.29. The largest absolute Gasteiger partial charge is 0.616 e. The van der Waals surface area contributed by atoms with E-state index in [1.165, 1.54) is 12.1 Å². The lowest BCUT2D eigenvalue weighted by Gasteiger charge is -2.41. The summed E-state index contributed by atoms with van der Waals surface area (Å²) >= 11 is -1.42. The molecule has 4 N–H and O–H groups in total. The molecule has 188 valence electrons. The number of nitrogens with zero attached hydrogens (tertiary/aromatic N) is 2. The minimum Gasteiger partial charge on any atom is -0.616 e. The van der Waals surface area contributed by atoms with Crippen LogP contribution in [0.25, 0.3) is 11.3 Å². The highest BCUT2D eigenvalue weighted by Gasteiger charge is 2.44. The van der Waals surface area contributed by atoms with Gasteiger partial charge in [-0.2, -0.15) is 0 Å². The molecule has 4 unspecified atom stereocenters. The third kappa shape index (κ3) is 4.61. The third-order valence-corrected chi connectivity index (χ3v) is 8.99. The summed E-state index contributed by atoms with van der Waals surface area (Å²) in [6.45, 7) is -0.236. The van der Waals surface area contributed by atoms with E-state index in [0.29, 0.717) is 24.1 Å². The summed E-state index contributed by atoms with van der Waals surface area (Å²) < 4.78 is 43.4. The highest BCUT2D eigenvalue weighted by atomic mass is 32.2. The van der Waals surface area contributed by atoms with Crippen LogP contribution < -0.4 is 11.1 Å². The number of fused-ring (bicyclic) bond motifs is 8. The number of nitrogens with two attached hydrogens (primary N) is 1. The van der Waals surface area contributed by atoms with Crippen molar-refractivity contribution in [1.29, 1.82) is 0 Å². The van der Waals surface area contributed by atoms with Crippen molar-refractivity contribution >= 4 is 22.8 Å². The van der Waals surface area contributed by atoms with Gasteiger partial charge in [-0.25, -0.2) is 13.8 Å². The first-order valence-electron chi connectivity index (χ1n) is 11.8. The molecular weight excluding hydrogens is 486 g/mol. The third-order valence-electron chi connectivity index (χ3n) is 7.07. The zero-order valence-corrected chi connectivity index (χ0v) is 20.2. The van der Waals surface area contributed by atoms with E-state index in [0.717, 1.165) is 11.6 Å². The fraction of sp³-hybridized carbons (Fsp3) is 0.346. The normalized spacial score (nSPS) is 24.3. The molecule has 3 heterocycles. The van der Waals surface area contributed by atoms with Crippen LogP contribution in [-0.2, 0) is 17.6 Å². The van der Waals surface area contributed by atoms with E-state index in [1.54, 1.807) is 24.5 Å². The van der Waals surface area contributed by atoms with E-state index >= 15 is 4.39 Å². The van der Waals surface area contributed by atoms with Crippen LogP contribution in [0.2, 0.25) is 0 Å². The Morgan fingerprint density at radius 3 is 2.81 bits per heavy atom. The summed E-state index contributed by atoms with van der Waals surface area (Å²) in [5, 5.41) is 11.8. The first-order chi connectivity index (χ1) is 17.4. The maximum atomic E-state index is 15.2. The molecule has 2 aliphatic rings. The number of aliphatic hydroxyl groups excluding tert-OH is 1. The van der Waals surface area contributed by atoms with Crippen LogP contribution in [0.15, 0.2) is 48.8 Å². The second-order valence-corrected chi connectivity index (χ2v) is 11.0. The molecular formula is C26H26F2N4O3S. The number of amides is 1. The molecule has 0 spiro atoms. The van der Waals surface area contributed by atoms with E-state index in [1.807, 2.05) is 6.07 Å². The lowest BCUT2D eigenvalue weighted by atomic mass is 9.73. The number of nitrogens with one attached hydrogen (secondary N) is 1. The Bertz CT molecular complexity index is 1290. The van der Waals surface area contributed by atoms with Crippen LogP contribution in [0.3, 0.4) is 0 Å². The molecule has 7 nitrogen and oxygen atoms in total. The van der Waals surface area contributed by atoms with Crippen LogP contribution in [0, 0.1) is 17.6 Å². The number of carbonyl (C=O) groups is 1. The molecule has 1 aromatic carbocycles. The minimum absolute atomic E-state index is 0.0227. The van der Waals surface area contributed by atoms with Crippen molar-refractivity contribution in [3.8, 4) is 11.3 Å². The number of halogens is 2. The first kappa shape index (κ1) is 24.8. The zero-order valence-electron chi connectivity index (χ0n) is 19.4. The van der Waals surface area contributed by atoms with Gasteiger partial charge in [0.25, 0.3) is 5.91 Å². The number of aliphatic hydroxyl groups is 1. The van der Waals surface area contributed by atoms with Crippen LogP contribution in [0.4, 0.5) is 14.5 Å². The Balaban J connectivity index is 1.71. The van der Waals surface area contributed by atoms with Gasteiger partial charge in [0.15, 0.2) is 0 Å². The van der Waals surface area contributed by atoms with Crippen molar-refractivity contribution in [2.24, 2.45) is 11.7 Å². The molecule has 0 radical (unpaired) electrons. The average molecular weight is 513 g/mol. The number of carbonyl (C=O) groups excluding carboxylic acids is 1. The SMILES string of the molecule is NC1CC2CC(Cc3cccc(F)c3-c3nc(ccc3F)C(=O)Nc3cnccc32)[C@@H]1[S+]([O-])CCO. The van der Waals surface area contributed by atoms with Gasteiger partial charge in [-0.15, -0.1) is 0 Å². The van der Waals surface area contributed by atoms with Crippen LogP contribution in [0.5, 0.6) is 0 Å². The summed E-state index contributed by atoms with van der Waals surface area (Å²) in [4.78, 5) is 21.5. The molecule has 5 rings (SSSR count). The predicted molar refractivity (Wildman–Crippen MR) is 133 cm³/mol. The van der Waals surface area contributed by atoms with Crippen molar-refractivity contribution in [3.05, 3.63) is 77.2 Å². The predicted octanol–water partition coefficient (Wildman–Crippen LogP) is 3.16. The first-order valence-corrected chi connectivity index (χ1v) is 13.2. The van der Waals surface area contributed by atoms with Crippen LogP contribution >= 0.6 is 0 Å². The quantitative estimate of drug-likeness (QED) is 0.463. The summed E-state index contributed by atoms with van der Waals surface area (Å²) in [5.41, 5.74) is 8.09. The Morgan fingerprint density at radius 1 is 1.17 bits per heavy atom. The number of pyridine rings is 2. The van der Waals surface area contributed by atoms with Crippen molar-refractivity contribution in [3.63, 3.8) is 0 Å². The maximum absolute atomic E-state index is 15.2. The van der Waals surface area contributed by atoms with E-state index < -0.39 is 40.0 Å². The van der Waals surface area contributed by atoms with Gasteiger partial charge in [0, 0.05) is 17.7 Å². The monoisotopic (exact) mass is 512 g/mol. The highest BCUT2D eigenvalue weighted by molar-refractivity contribution is 7.92. The fourth-order valence-electron chi connectivity index (χ4n) is 5.58. The van der Waals surface area contributed by atoms with Gasteiger partial charge in [0.1, 0.15) is 34.0 Å². The molecule has 1 fully saturated rings. The molecule has 2 aromatic heterocycles. The number of hydrogen-bond donors (Lipinski definition) is 3. The molecule has 4 bridgehead atoms. The number of hydrogen-bond acceptors (Lipinski definition) is 6. The van der Waals surface area contributed by atoms with E-state index in [9.17, 15) is 18.8 Å². The molecule has 10 heteroatoms. The molecule has 1 saturated carbocycles. The van der Waals surface area contributed by atoms with Crippen molar-refractivity contribution in [2.45, 2.75) is 36.5 Å². The summed E-state index contributed by atoms with van der Waals surface area (Å²) in [6.07, 6.45) is 4.54. The number of aromatic nitrogens is 2. The standard InChI is InChI=1S/C26H26F2N4O3S/c27-18-3-1-2-14-10-16-11-15(12-20(29)25(16)36(35)9-8-33)17-6-7-30-13-22(17)32-26(34)21-5-4-19(28)24(31-21)23(14)18/h1-7,13,15-16,20,25,33H,8-12,29H2,(H,32,34)/t15?,16?,20?,25-,36?/m0/s1. The summed E-state index contributed by atoms with van der Waals surface area (Å²) in [7, 11) is 0. The molecule has 1 amide bonds. The van der Waals surface area contributed by atoms with Gasteiger partial charge in [0.05, 0.1) is 24.5 Å². The van der Waals surface area contributed by atoms with Gasteiger partial charge in [-0.3, -0.25) is 9.78 Å². The van der Waals surface area contributed by atoms with Gasteiger partial charge >= 0.3 is 0 Å². The molecule has 5 atom stereocenters. The molecule has 3 aromatic rings. The number of benzene rings is 1. The number of rotatable bonds is 3. The van der Waals surface area contributed by atoms with E-state index in [-0.39, 0.29) is 47.6 Å². The molecule has 1 aliphatic heterocycles. The van der Waals surface area contributed by atoms with Gasteiger partial charge < -0.3 is 20.7 Å². The average Bonchev–Trinajstić information content (AvgIpc) is 2.85. The Hall–Kier alpha value is -2.92. The lowest BCUT2D eigenvalue weighted by molar-refractivity contribution is 0.102. The van der Waals surface area contributed by atoms with Crippen molar-refractivity contribution in [2.75, 3.05) is 17.7 Å². The van der Waals surface area contributed by atoms with Gasteiger partial charge in [-0.05, 0) is 71.7 Å². The van der Waals surface area contributed by atoms with Crippen molar-refractivity contribution in [1.82, 2.24) is 9.97 Å².